The number of aromatic nitrogens is 3. The molecule has 5 nitrogen and oxygen atoms in total. The normalized spacial score (nSPS) is 10.2. The first kappa shape index (κ1) is 9.67. The molecule has 6 heteroatoms. The van der Waals surface area contributed by atoms with Crippen LogP contribution in [0.4, 0.5) is 0 Å². The number of carboxylic acids is 1. The zero-order valence-electron chi connectivity index (χ0n) is 7.46. The molecule has 1 aromatic carbocycles. The Morgan fingerprint density at radius 1 is 1.40 bits per heavy atom. The molecule has 2 aromatic rings. The van der Waals surface area contributed by atoms with Crippen molar-refractivity contribution in [2.75, 3.05) is 0 Å². The van der Waals surface area contributed by atoms with Crippen LogP contribution in [0.1, 0.15) is 10.5 Å². The summed E-state index contributed by atoms with van der Waals surface area (Å²) in [6.45, 7) is 0. The highest BCUT2D eigenvalue weighted by Gasteiger charge is 2.10. The molecule has 1 aromatic heterocycles. The summed E-state index contributed by atoms with van der Waals surface area (Å²) in [6, 6.07) is 6.92. The summed E-state index contributed by atoms with van der Waals surface area (Å²) >= 11 is 5.90. The molecule has 0 aliphatic rings. The van der Waals surface area contributed by atoms with Crippen LogP contribution in [-0.4, -0.2) is 26.1 Å². The van der Waals surface area contributed by atoms with Gasteiger partial charge in [0.05, 0.1) is 11.2 Å². The topological polar surface area (TPSA) is 68.0 Å². The van der Waals surface area contributed by atoms with E-state index in [0.717, 1.165) is 0 Å². The van der Waals surface area contributed by atoms with Crippen molar-refractivity contribution in [1.82, 2.24) is 15.0 Å². The van der Waals surface area contributed by atoms with E-state index in [4.69, 9.17) is 16.7 Å². The van der Waals surface area contributed by atoms with Crippen molar-refractivity contribution in [3.63, 3.8) is 0 Å². The second kappa shape index (κ2) is 3.70. The summed E-state index contributed by atoms with van der Waals surface area (Å²) in [6.07, 6.45) is 1.17. The monoisotopic (exact) mass is 223 g/mol. The third-order valence-electron chi connectivity index (χ3n) is 1.78. The minimum atomic E-state index is -1.12. The molecule has 76 valence electrons. The van der Waals surface area contributed by atoms with E-state index in [9.17, 15) is 4.79 Å². The van der Waals surface area contributed by atoms with Crippen molar-refractivity contribution in [1.29, 1.82) is 0 Å². The van der Waals surface area contributed by atoms with Gasteiger partial charge in [0.1, 0.15) is 5.69 Å². The van der Waals surface area contributed by atoms with Gasteiger partial charge in [0.15, 0.2) is 5.69 Å². The molecule has 0 fully saturated rings. The molecule has 15 heavy (non-hydrogen) atoms. The van der Waals surface area contributed by atoms with Crippen LogP contribution >= 0.6 is 11.6 Å². The highest BCUT2D eigenvalue weighted by Crippen LogP contribution is 2.17. The summed E-state index contributed by atoms with van der Waals surface area (Å²) in [5.41, 5.74) is 0.432. The lowest BCUT2D eigenvalue weighted by Crippen LogP contribution is -2.02. The summed E-state index contributed by atoms with van der Waals surface area (Å²) in [7, 11) is 0. The first-order valence-electron chi connectivity index (χ1n) is 4.09. The average molecular weight is 224 g/mol. The number of halogens is 1. The molecule has 0 atom stereocenters. The van der Waals surface area contributed by atoms with Crippen LogP contribution < -0.4 is 0 Å². The van der Waals surface area contributed by atoms with E-state index in [1.807, 2.05) is 0 Å². The van der Waals surface area contributed by atoms with Gasteiger partial charge >= 0.3 is 5.97 Å². The molecule has 0 aliphatic carbocycles. The predicted octanol–water partition coefficient (Wildman–Crippen LogP) is 1.62. The van der Waals surface area contributed by atoms with Gasteiger partial charge in [0.2, 0.25) is 0 Å². The quantitative estimate of drug-likeness (QED) is 0.840. The van der Waals surface area contributed by atoms with Crippen LogP contribution in [0, 0.1) is 0 Å². The molecule has 0 amide bonds. The molecule has 0 saturated heterocycles. The second-order valence-corrected chi connectivity index (χ2v) is 3.18. The van der Waals surface area contributed by atoms with E-state index in [-0.39, 0.29) is 5.69 Å². The molecule has 0 unspecified atom stereocenters. The van der Waals surface area contributed by atoms with Crippen LogP contribution in [0.5, 0.6) is 0 Å². The Kier molecular flexibility index (Phi) is 2.39. The molecule has 0 saturated carbocycles. The van der Waals surface area contributed by atoms with Crippen LogP contribution in [0.15, 0.2) is 30.5 Å². The third-order valence-corrected chi connectivity index (χ3v) is 2.10. The van der Waals surface area contributed by atoms with Crippen molar-refractivity contribution < 1.29 is 9.90 Å². The standard InChI is InChI=1S/C9H6ClN3O2/c10-6-3-1-2-4-8(6)13-11-5-7(12-13)9(14)15/h1-5H,(H,14,15). The van der Waals surface area contributed by atoms with Crippen LogP contribution in [-0.2, 0) is 0 Å². The summed E-state index contributed by atoms with van der Waals surface area (Å²) in [5.74, 6) is -1.12. The Morgan fingerprint density at radius 2 is 2.13 bits per heavy atom. The second-order valence-electron chi connectivity index (χ2n) is 2.78. The zero-order chi connectivity index (χ0) is 10.8. The number of hydrogen-bond acceptors (Lipinski definition) is 3. The summed E-state index contributed by atoms with van der Waals surface area (Å²) in [4.78, 5) is 11.8. The van der Waals surface area contributed by atoms with Gasteiger partial charge in [-0.15, -0.1) is 9.90 Å². The van der Waals surface area contributed by atoms with Crippen molar-refractivity contribution >= 4 is 17.6 Å². The first-order chi connectivity index (χ1) is 7.18. The number of aromatic carboxylic acids is 1. The van der Waals surface area contributed by atoms with E-state index >= 15 is 0 Å². The summed E-state index contributed by atoms with van der Waals surface area (Å²) < 4.78 is 0. The average Bonchev–Trinajstić information content (AvgIpc) is 2.67. The molecule has 0 spiro atoms. The maximum Gasteiger partial charge on any atom is 0.358 e. The number of para-hydroxylation sites is 1. The molecular weight excluding hydrogens is 218 g/mol. The molecule has 1 heterocycles. The number of rotatable bonds is 2. The Morgan fingerprint density at radius 3 is 2.73 bits per heavy atom. The molecule has 1 N–H and O–H groups in total. The maximum atomic E-state index is 10.6. The van der Waals surface area contributed by atoms with E-state index in [0.29, 0.717) is 10.7 Å². The van der Waals surface area contributed by atoms with Crippen molar-refractivity contribution in [2.45, 2.75) is 0 Å². The minimum absolute atomic E-state index is 0.116. The summed E-state index contributed by atoms with van der Waals surface area (Å²) in [5, 5.41) is 16.7. The highest BCUT2D eigenvalue weighted by atomic mass is 35.5. The Labute approximate surface area is 89.9 Å². The van der Waals surface area contributed by atoms with E-state index in [2.05, 4.69) is 10.2 Å². The van der Waals surface area contributed by atoms with E-state index in [1.165, 1.54) is 11.0 Å². The largest absolute Gasteiger partial charge is 0.476 e. The van der Waals surface area contributed by atoms with Gasteiger partial charge in [-0.05, 0) is 12.1 Å². The van der Waals surface area contributed by atoms with Crippen molar-refractivity contribution in [3.05, 3.63) is 41.2 Å². The lowest BCUT2D eigenvalue weighted by atomic mass is 10.3. The number of benzene rings is 1. The van der Waals surface area contributed by atoms with Gasteiger partial charge in [0.25, 0.3) is 0 Å². The minimum Gasteiger partial charge on any atom is -0.476 e. The predicted molar refractivity (Wildman–Crippen MR) is 53.3 cm³/mol. The number of carbonyl (C=O) groups is 1. The number of carboxylic acid groups (broad SMARTS) is 1. The molecule has 0 aliphatic heterocycles. The molecule has 0 radical (unpaired) electrons. The smallest absolute Gasteiger partial charge is 0.358 e. The Bertz CT molecular complexity index is 510. The first-order valence-corrected chi connectivity index (χ1v) is 4.47. The molecular formula is C9H6ClN3O2. The fraction of sp³-hybridized carbons (Fsp3) is 0. The van der Waals surface area contributed by atoms with Gasteiger partial charge < -0.3 is 5.11 Å². The highest BCUT2D eigenvalue weighted by molar-refractivity contribution is 6.32. The van der Waals surface area contributed by atoms with Gasteiger partial charge in [-0.25, -0.2) is 4.79 Å². The van der Waals surface area contributed by atoms with Crippen LogP contribution in [0.25, 0.3) is 5.69 Å². The van der Waals surface area contributed by atoms with E-state index in [1.54, 1.807) is 24.3 Å². The van der Waals surface area contributed by atoms with Gasteiger partial charge in [0, 0.05) is 0 Å². The van der Waals surface area contributed by atoms with Crippen molar-refractivity contribution in [2.24, 2.45) is 0 Å². The zero-order valence-corrected chi connectivity index (χ0v) is 8.22. The Hall–Kier alpha value is -1.88. The van der Waals surface area contributed by atoms with Gasteiger partial charge in [-0.1, -0.05) is 23.7 Å². The van der Waals surface area contributed by atoms with Crippen molar-refractivity contribution in [3.8, 4) is 5.69 Å². The number of nitrogens with zero attached hydrogens (tertiary/aromatic N) is 3. The number of hydrogen-bond donors (Lipinski definition) is 1. The third kappa shape index (κ3) is 1.82. The fourth-order valence-electron chi connectivity index (χ4n) is 1.09. The fourth-order valence-corrected chi connectivity index (χ4v) is 1.30. The van der Waals surface area contributed by atoms with Gasteiger partial charge in [-0.3, -0.25) is 0 Å². The lowest BCUT2D eigenvalue weighted by Gasteiger charge is -2.00. The molecule has 2 rings (SSSR count). The lowest BCUT2D eigenvalue weighted by molar-refractivity contribution is 0.0690. The SMILES string of the molecule is O=C(O)c1cnn(-c2ccccc2Cl)n1. The Balaban J connectivity index is 2.46. The molecule has 0 bridgehead atoms. The van der Waals surface area contributed by atoms with E-state index < -0.39 is 5.97 Å². The van der Waals surface area contributed by atoms with Crippen LogP contribution in [0.2, 0.25) is 5.02 Å². The van der Waals surface area contributed by atoms with Crippen LogP contribution in [0.3, 0.4) is 0 Å². The maximum absolute atomic E-state index is 10.6. The van der Waals surface area contributed by atoms with Gasteiger partial charge in [-0.2, -0.15) is 5.10 Å².